The molecule has 92 valence electrons. The van der Waals surface area contributed by atoms with Crippen molar-refractivity contribution in [3.63, 3.8) is 0 Å². The van der Waals surface area contributed by atoms with E-state index in [9.17, 15) is 0 Å². The molecule has 0 N–H and O–H groups in total. The maximum Gasteiger partial charge on any atom is 0.0640 e. The first kappa shape index (κ1) is 12.5. The predicted molar refractivity (Wildman–Crippen MR) is 70.8 cm³/mol. The van der Waals surface area contributed by atoms with E-state index >= 15 is 0 Å². The van der Waals surface area contributed by atoms with E-state index in [0.717, 1.165) is 31.6 Å². The van der Waals surface area contributed by atoms with Gasteiger partial charge in [-0.2, -0.15) is 10.5 Å². The van der Waals surface area contributed by atoms with Crippen molar-refractivity contribution in [2.45, 2.75) is 25.7 Å². The van der Waals surface area contributed by atoms with Crippen molar-refractivity contribution in [2.24, 2.45) is 5.41 Å². The van der Waals surface area contributed by atoms with Gasteiger partial charge in [-0.25, -0.2) is 0 Å². The highest BCUT2D eigenvalue weighted by Crippen LogP contribution is 2.49. The highest BCUT2D eigenvalue weighted by molar-refractivity contribution is 5.46. The second-order valence-corrected chi connectivity index (χ2v) is 5.00. The van der Waals surface area contributed by atoms with Gasteiger partial charge < -0.3 is 4.90 Å². The van der Waals surface area contributed by atoms with Crippen molar-refractivity contribution in [1.82, 2.24) is 0 Å². The smallest absolute Gasteiger partial charge is 0.0640 e. The first-order valence-electron chi connectivity index (χ1n) is 6.34. The number of hydrogen-bond acceptors (Lipinski definition) is 3. The maximum absolute atomic E-state index is 8.88. The van der Waals surface area contributed by atoms with Gasteiger partial charge in [0, 0.05) is 30.6 Å². The SMILES string of the molecule is N#CCCN(CC1(CC#N)CC1)c1ccccc1. The molecule has 1 saturated carbocycles. The van der Waals surface area contributed by atoms with Crippen LogP contribution in [-0.2, 0) is 0 Å². The molecule has 0 aliphatic heterocycles. The van der Waals surface area contributed by atoms with E-state index in [1.165, 1.54) is 0 Å². The lowest BCUT2D eigenvalue weighted by atomic mass is 10.0. The third-order valence-corrected chi connectivity index (χ3v) is 3.55. The average Bonchev–Trinajstić information content (AvgIpc) is 3.16. The molecule has 1 aromatic rings. The molecule has 18 heavy (non-hydrogen) atoms. The van der Waals surface area contributed by atoms with Crippen LogP contribution in [0.15, 0.2) is 30.3 Å². The fraction of sp³-hybridized carbons (Fsp3) is 0.467. The molecule has 0 spiro atoms. The fourth-order valence-electron chi connectivity index (χ4n) is 2.26. The van der Waals surface area contributed by atoms with Gasteiger partial charge in [-0.1, -0.05) is 18.2 Å². The van der Waals surface area contributed by atoms with E-state index in [-0.39, 0.29) is 5.41 Å². The molecule has 1 fully saturated rings. The van der Waals surface area contributed by atoms with Crippen LogP contribution in [0.25, 0.3) is 0 Å². The Morgan fingerprint density at radius 3 is 2.39 bits per heavy atom. The van der Waals surface area contributed by atoms with Gasteiger partial charge in [-0.3, -0.25) is 0 Å². The van der Waals surface area contributed by atoms with Crippen LogP contribution < -0.4 is 4.90 Å². The monoisotopic (exact) mass is 239 g/mol. The molecule has 1 aliphatic carbocycles. The molecule has 0 saturated heterocycles. The van der Waals surface area contributed by atoms with E-state index < -0.39 is 0 Å². The standard InChI is InChI=1S/C15H17N3/c16-10-4-12-18(14-5-2-1-3-6-14)13-15(7-8-15)9-11-17/h1-3,5-6H,4,7-9,12-13H2. The summed E-state index contributed by atoms with van der Waals surface area (Å²) in [6.07, 6.45) is 3.42. The molecule has 0 heterocycles. The van der Waals surface area contributed by atoms with Crippen molar-refractivity contribution in [3.05, 3.63) is 30.3 Å². The minimum Gasteiger partial charge on any atom is -0.370 e. The number of para-hydroxylation sites is 1. The summed E-state index contributed by atoms with van der Waals surface area (Å²) >= 11 is 0. The topological polar surface area (TPSA) is 50.8 Å². The lowest BCUT2D eigenvalue weighted by Crippen LogP contribution is -2.31. The molecule has 0 bridgehead atoms. The first-order valence-corrected chi connectivity index (χ1v) is 6.34. The van der Waals surface area contributed by atoms with Gasteiger partial charge in [0.1, 0.15) is 0 Å². The molecular formula is C15H17N3. The van der Waals surface area contributed by atoms with E-state index in [0.29, 0.717) is 12.8 Å². The van der Waals surface area contributed by atoms with Crippen LogP contribution in [0.1, 0.15) is 25.7 Å². The van der Waals surface area contributed by atoms with Crippen molar-refractivity contribution in [2.75, 3.05) is 18.0 Å². The molecule has 0 amide bonds. The molecule has 0 atom stereocenters. The minimum absolute atomic E-state index is 0.181. The van der Waals surface area contributed by atoms with E-state index in [1.54, 1.807) is 0 Å². The summed E-state index contributed by atoms with van der Waals surface area (Å²) in [5.41, 5.74) is 1.33. The summed E-state index contributed by atoms with van der Waals surface area (Å²) in [6.45, 7) is 1.64. The lowest BCUT2D eigenvalue weighted by Gasteiger charge is -2.28. The number of nitriles is 2. The maximum atomic E-state index is 8.88. The van der Waals surface area contributed by atoms with Crippen molar-refractivity contribution < 1.29 is 0 Å². The molecule has 1 aromatic carbocycles. The Kier molecular flexibility index (Phi) is 3.85. The van der Waals surface area contributed by atoms with E-state index in [2.05, 4.69) is 29.2 Å². The van der Waals surface area contributed by atoms with Crippen molar-refractivity contribution >= 4 is 5.69 Å². The number of hydrogen-bond donors (Lipinski definition) is 0. The van der Waals surface area contributed by atoms with Crippen LogP contribution in [0.5, 0.6) is 0 Å². The van der Waals surface area contributed by atoms with Crippen molar-refractivity contribution in [3.8, 4) is 12.1 Å². The molecule has 0 aromatic heterocycles. The summed E-state index contributed by atoms with van der Waals surface area (Å²) in [6, 6.07) is 14.6. The Labute approximate surface area is 108 Å². The Bertz CT molecular complexity index is 463. The third kappa shape index (κ3) is 3.02. The van der Waals surface area contributed by atoms with Gasteiger partial charge in [-0.05, 0) is 25.0 Å². The summed E-state index contributed by atoms with van der Waals surface area (Å²) < 4.78 is 0. The number of benzene rings is 1. The number of rotatable bonds is 6. The summed E-state index contributed by atoms with van der Waals surface area (Å²) in [5.74, 6) is 0. The minimum atomic E-state index is 0.181. The average molecular weight is 239 g/mol. The van der Waals surface area contributed by atoms with E-state index in [1.807, 2.05) is 18.2 Å². The van der Waals surface area contributed by atoms with Gasteiger partial charge in [-0.15, -0.1) is 0 Å². The molecule has 1 aliphatic rings. The molecule has 2 rings (SSSR count). The highest BCUT2D eigenvalue weighted by Gasteiger charge is 2.43. The second-order valence-electron chi connectivity index (χ2n) is 5.00. The Balaban J connectivity index is 2.07. The molecular weight excluding hydrogens is 222 g/mol. The molecule has 3 nitrogen and oxygen atoms in total. The summed E-state index contributed by atoms with van der Waals surface area (Å²) in [5, 5.41) is 17.6. The quantitative estimate of drug-likeness (QED) is 0.766. The predicted octanol–water partition coefficient (Wildman–Crippen LogP) is 3.10. The molecule has 0 unspecified atom stereocenters. The number of nitrogens with zero attached hydrogens (tertiary/aromatic N) is 3. The Morgan fingerprint density at radius 2 is 1.83 bits per heavy atom. The zero-order valence-corrected chi connectivity index (χ0v) is 10.5. The molecule has 3 heteroatoms. The Hall–Kier alpha value is -2.00. The zero-order chi connectivity index (χ0) is 12.8. The van der Waals surface area contributed by atoms with Gasteiger partial charge in [0.2, 0.25) is 0 Å². The second kappa shape index (κ2) is 5.56. The van der Waals surface area contributed by atoms with Crippen LogP contribution in [-0.4, -0.2) is 13.1 Å². The van der Waals surface area contributed by atoms with E-state index in [4.69, 9.17) is 10.5 Å². The largest absolute Gasteiger partial charge is 0.370 e. The highest BCUT2D eigenvalue weighted by atomic mass is 15.1. The van der Waals surface area contributed by atoms with Crippen LogP contribution >= 0.6 is 0 Å². The van der Waals surface area contributed by atoms with Crippen LogP contribution in [0.3, 0.4) is 0 Å². The van der Waals surface area contributed by atoms with Gasteiger partial charge >= 0.3 is 0 Å². The van der Waals surface area contributed by atoms with Crippen LogP contribution in [0, 0.1) is 28.1 Å². The van der Waals surface area contributed by atoms with Gasteiger partial charge in [0.15, 0.2) is 0 Å². The Morgan fingerprint density at radius 1 is 1.11 bits per heavy atom. The third-order valence-electron chi connectivity index (χ3n) is 3.55. The van der Waals surface area contributed by atoms with Crippen LogP contribution in [0.4, 0.5) is 5.69 Å². The van der Waals surface area contributed by atoms with Crippen molar-refractivity contribution in [1.29, 1.82) is 10.5 Å². The molecule has 0 radical (unpaired) electrons. The fourth-order valence-corrected chi connectivity index (χ4v) is 2.26. The first-order chi connectivity index (χ1) is 8.79. The lowest BCUT2D eigenvalue weighted by molar-refractivity contribution is 0.509. The van der Waals surface area contributed by atoms with Gasteiger partial charge in [0.25, 0.3) is 0 Å². The zero-order valence-electron chi connectivity index (χ0n) is 10.5. The summed E-state index contributed by atoms with van der Waals surface area (Å²) in [4.78, 5) is 2.24. The van der Waals surface area contributed by atoms with Gasteiger partial charge in [0.05, 0.1) is 18.6 Å². The normalized spacial score (nSPS) is 15.4. The number of anilines is 1. The van der Waals surface area contributed by atoms with Crippen LogP contribution in [0.2, 0.25) is 0 Å². The summed E-state index contributed by atoms with van der Waals surface area (Å²) in [7, 11) is 0.